The molecule has 0 aliphatic carbocycles. The monoisotopic (exact) mass is 441 g/mol. The van der Waals surface area contributed by atoms with E-state index in [9.17, 15) is 14.4 Å². The Labute approximate surface area is 187 Å². The largest absolute Gasteiger partial charge is 0.466 e. The predicted molar refractivity (Wildman–Crippen MR) is 120 cm³/mol. The SMILES string of the molecule is CCOC(=O)C1CCN(C(=O)[C@@H]2CCCN(c3nc4cccnc4n(CC)c3=O)C2)CC1. The second-order valence-corrected chi connectivity index (χ2v) is 8.47. The van der Waals surface area contributed by atoms with Crippen LogP contribution in [0.4, 0.5) is 5.82 Å². The molecule has 1 amide bonds. The number of aromatic nitrogens is 3. The number of amides is 1. The highest BCUT2D eigenvalue weighted by Crippen LogP contribution is 2.26. The van der Waals surface area contributed by atoms with E-state index in [0.29, 0.717) is 69.2 Å². The third-order valence-electron chi connectivity index (χ3n) is 6.50. The number of anilines is 1. The molecule has 0 unspecified atom stereocenters. The average Bonchev–Trinajstić information content (AvgIpc) is 2.83. The number of rotatable bonds is 5. The number of hydrogen-bond donors (Lipinski definition) is 0. The standard InChI is InChI=1S/C23H31N5O4/c1-3-28-19-18(8-5-11-24-19)25-20(22(28)30)27-12-6-7-17(15-27)21(29)26-13-9-16(10-14-26)23(31)32-4-2/h5,8,11,16-17H,3-4,6-7,9-10,12-15H2,1-2H3/t17-/m1/s1. The van der Waals surface area contributed by atoms with Crippen molar-refractivity contribution in [3.63, 3.8) is 0 Å². The molecule has 2 aliphatic rings. The third kappa shape index (κ3) is 4.33. The van der Waals surface area contributed by atoms with Crippen molar-refractivity contribution in [3.05, 3.63) is 28.7 Å². The molecule has 32 heavy (non-hydrogen) atoms. The molecule has 172 valence electrons. The summed E-state index contributed by atoms with van der Waals surface area (Å²) in [6.07, 6.45) is 4.57. The Bertz CT molecular complexity index is 1040. The van der Waals surface area contributed by atoms with Crippen LogP contribution in [-0.4, -0.2) is 64.1 Å². The van der Waals surface area contributed by atoms with E-state index in [4.69, 9.17) is 4.74 Å². The zero-order chi connectivity index (χ0) is 22.7. The van der Waals surface area contributed by atoms with E-state index in [1.165, 1.54) is 0 Å². The van der Waals surface area contributed by atoms with Crippen molar-refractivity contribution >= 4 is 28.9 Å². The molecule has 0 N–H and O–H groups in total. The molecule has 2 aliphatic heterocycles. The molecule has 2 saturated heterocycles. The molecule has 4 heterocycles. The van der Waals surface area contributed by atoms with E-state index in [-0.39, 0.29) is 29.3 Å². The van der Waals surface area contributed by atoms with Crippen LogP contribution in [0.3, 0.4) is 0 Å². The van der Waals surface area contributed by atoms with Crippen molar-refractivity contribution in [1.82, 2.24) is 19.4 Å². The molecule has 9 heteroatoms. The summed E-state index contributed by atoms with van der Waals surface area (Å²) in [6.45, 7) is 6.94. The summed E-state index contributed by atoms with van der Waals surface area (Å²) in [5.41, 5.74) is 1.10. The first kappa shape index (κ1) is 22.2. The van der Waals surface area contributed by atoms with Gasteiger partial charge in [0.25, 0.3) is 5.56 Å². The fourth-order valence-corrected chi connectivity index (χ4v) is 4.79. The van der Waals surface area contributed by atoms with Gasteiger partial charge >= 0.3 is 5.97 Å². The molecule has 2 aromatic heterocycles. The number of pyridine rings is 1. The van der Waals surface area contributed by atoms with E-state index in [1.807, 2.05) is 35.8 Å². The Morgan fingerprint density at radius 3 is 2.62 bits per heavy atom. The normalized spacial score (nSPS) is 19.9. The molecule has 0 saturated carbocycles. The lowest BCUT2D eigenvalue weighted by atomic mass is 9.93. The summed E-state index contributed by atoms with van der Waals surface area (Å²) in [4.78, 5) is 51.1. The highest BCUT2D eigenvalue weighted by atomic mass is 16.5. The van der Waals surface area contributed by atoms with Crippen LogP contribution in [-0.2, 0) is 20.9 Å². The highest BCUT2D eigenvalue weighted by Gasteiger charge is 2.34. The highest BCUT2D eigenvalue weighted by molar-refractivity contribution is 5.80. The quantitative estimate of drug-likeness (QED) is 0.653. The molecule has 0 aromatic carbocycles. The van der Waals surface area contributed by atoms with Gasteiger partial charge in [-0.15, -0.1) is 0 Å². The molecular weight excluding hydrogens is 410 g/mol. The number of nitrogens with zero attached hydrogens (tertiary/aromatic N) is 5. The second-order valence-electron chi connectivity index (χ2n) is 8.47. The zero-order valence-electron chi connectivity index (χ0n) is 18.8. The number of carbonyl (C=O) groups excluding carboxylic acids is 2. The van der Waals surface area contributed by atoms with E-state index < -0.39 is 0 Å². The Morgan fingerprint density at radius 2 is 1.91 bits per heavy atom. The lowest BCUT2D eigenvalue weighted by Crippen LogP contribution is -2.49. The first-order valence-electron chi connectivity index (χ1n) is 11.6. The Kier molecular flexibility index (Phi) is 6.72. The molecule has 2 aromatic rings. The molecule has 4 rings (SSSR count). The number of likely N-dealkylation sites (tertiary alicyclic amines) is 1. The van der Waals surface area contributed by atoms with Gasteiger partial charge in [-0.3, -0.25) is 19.0 Å². The molecule has 1 atom stereocenters. The van der Waals surface area contributed by atoms with E-state index in [2.05, 4.69) is 9.97 Å². The number of aryl methyl sites for hydroxylation is 1. The number of piperidine rings is 2. The van der Waals surface area contributed by atoms with Gasteiger partial charge in [-0.25, -0.2) is 9.97 Å². The van der Waals surface area contributed by atoms with Gasteiger partial charge in [0, 0.05) is 38.9 Å². The lowest BCUT2D eigenvalue weighted by molar-refractivity contribution is -0.151. The van der Waals surface area contributed by atoms with Gasteiger partial charge in [0.1, 0.15) is 5.52 Å². The van der Waals surface area contributed by atoms with Crippen LogP contribution in [0.5, 0.6) is 0 Å². The van der Waals surface area contributed by atoms with Crippen molar-refractivity contribution in [2.24, 2.45) is 11.8 Å². The predicted octanol–water partition coefficient (Wildman–Crippen LogP) is 1.83. The average molecular weight is 442 g/mol. The number of hydrogen-bond acceptors (Lipinski definition) is 7. The maximum Gasteiger partial charge on any atom is 0.309 e. The first-order valence-corrected chi connectivity index (χ1v) is 11.6. The summed E-state index contributed by atoms with van der Waals surface area (Å²) >= 11 is 0. The number of carbonyl (C=O) groups is 2. The van der Waals surface area contributed by atoms with Gasteiger partial charge in [0.05, 0.1) is 18.4 Å². The third-order valence-corrected chi connectivity index (χ3v) is 6.50. The molecule has 0 spiro atoms. The van der Waals surface area contributed by atoms with Crippen LogP contribution in [0.1, 0.15) is 39.5 Å². The van der Waals surface area contributed by atoms with Crippen molar-refractivity contribution in [2.45, 2.75) is 46.1 Å². The Balaban J connectivity index is 1.47. The van der Waals surface area contributed by atoms with Crippen LogP contribution < -0.4 is 10.5 Å². The molecule has 0 radical (unpaired) electrons. The maximum atomic E-state index is 13.2. The summed E-state index contributed by atoms with van der Waals surface area (Å²) in [7, 11) is 0. The van der Waals surface area contributed by atoms with Crippen molar-refractivity contribution in [2.75, 3.05) is 37.7 Å². The topological polar surface area (TPSA) is 97.6 Å². The lowest BCUT2D eigenvalue weighted by Gasteiger charge is -2.37. The number of fused-ring (bicyclic) bond motifs is 1. The summed E-state index contributed by atoms with van der Waals surface area (Å²) in [5.74, 6) is 0.0437. The van der Waals surface area contributed by atoms with Crippen molar-refractivity contribution in [3.8, 4) is 0 Å². The van der Waals surface area contributed by atoms with Gasteiger partial charge < -0.3 is 14.5 Å². The van der Waals surface area contributed by atoms with Gasteiger partial charge in [0.15, 0.2) is 11.5 Å². The molecule has 9 nitrogen and oxygen atoms in total. The van der Waals surface area contributed by atoms with E-state index in [0.717, 1.165) is 12.8 Å². The molecule has 0 bridgehead atoms. The summed E-state index contributed by atoms with van der Waals surface area (Å²) < 4.78 is 6.77. The van der Waals surface area contributed by atoms with E-state index >= 15 is 0 Å². The zero-order valence-corrected chi connectivity index (χ0v) is 18.8. The van der Waals surface area contributed by atoms with E-state index in [1.54, 1.807) is 10.8 Å². The summed E-state index contributed by atoms with van der Waals surface area (Å²) in [6, 6.07) is 3.67. The number of ether oxygens (including phenoxy) is 1. The van der Waals surface area contributed by atoms with Gasteiger partial charge in [0.2, 0.25) is 5.91 Å². The Hall–Kier alpha value is -2.97. The minimum Gasteiger partial charge on any atom is -0.466 e. The minimum atomic E-state index is -0.177. The van der Waals surface area contributed by atoms with Crippen LogP contribution in [0.2, 0.25) is 0 Å². The Morgan fingerprint density at radius 1 is 1.12 bits per heavy atom. The maximum absolute atomic E-state index is 13.2. The summed E-state index contributed by atoms with van der Waals surface area (Å²) in [5, 5.41) is 0. The molecule has 2 fully saturated rings. The van der Waals surface area contributed by atoms with Gasteiger partial charge in [-0.2, -0.15) is 0 Å². The fourth-order valence-electron chi connectivity index (χ4n) is 4.79. The molecular formula is C23H31N5O4. The first-order chi connectivity index (χ1) is 15.5. The van der Waals surface area contributed by atoms with Crippen LogP contribution in [0, 0.1) is 11.8 Å². The van der Waals surface area contributed by atoms with Crippen molar-refractivity contribution in [1.29, 1.82) is 0 Å². The minimum absolute atomic E-state index is 0.107. The van der Waals surface area contributed by atoms with Gasteiger partial charge in [-0.05, 0) is 51.7 Å². The van der Waals surface area contributed by atoms with Crippen LogP contribution >= 0.6 is 0 Å². The van der Waals surface area contributed by atoms with Crippen LogP contribution in [0.15, 0.2) is 23.1 Å². The smallest absolute Gasteiger partial charge is 0.309 e. The van der Waals surface area contributed by atoms with Crippen molar-refractivity contribution < 1.29 is 14.3 Å². The number of esters is 1. The van der Waals surface area contributed by atoms with Crippen LogP contribution in [0.25, 0.3) is 11.2 Å². The van der Waals surface area contributed by atoms with Gasteiger partial charge in [-0.1, -0.05) is 0 Å². The second kappa shape index (κ2) is 9.67. The fraction of sp³-hybridized carbons (Fsp3) is 0.609.